The Balaban J connectivity index is 1.72. The van der Waals surface area contributed by atoms with Crippen LogP contribution in [-0.4, -0.2) is 33.3 Å². The molecule has 25 heavy (non-hydrogen) atoms. The van der Waals surface area contributed by atoms with Crippen molar-refractivity contribution in [2.75, 3.05) is 32.7 Å². The first kappa shape index (κ1) is 18.9. The Labute approximate surface area is 152 Å². The van der Waals surface area contributed by atoms with Crippen molar-refractivity contribution in [1.29, 1.82) is 0 Å². The average molecular weight is 364 g/mol. The zero-order chi connectivity index (χ0) is 18.1. The van der Waals surface area contributed by atoms with Crippen molar-refractivity contribution in [1.82, 2.24) is 0 Å². The minimum Gasteiger partial charge on any atom is -0.497 e. The molecule has 0 aromatic heterocycles. The molecule has 0 atom stereocenters. The predicted molar refractivity (Wildman–Crippen MR) is 101 cm³/mol. The highest BCUT2D eigenvalue weighted by atomic mass is 35.5. The van der Waals surface area contributed by atoms with Gasteiger partial charge in [-0.15, -0.1) is 0 Å². The molecule has 0 fully saturated rings. The summed E-state index contributed by atoms with van der Waals surface area (Å²) in [5, 5.41) is 3.48. The normalized spacial score (nSPS) is 11.2. The summed E-state index contributed by atoms with van der Waals surface area (Å²) in [6.45, 7) is 1.44. The van der Waals surface area contributed by atoms with E-state index in [-0.39, 0.29) is 0 Å². The molecule has 0 heterocycles. The molecular formula is C18H22ClN3O3. The average Bonchev–Trinajstić information content (AvgIpc) is 2.62. The van der Waals surface area contributed by atoms with E-state index in [0.717, 1.165) is 17.0 Å². The van der Waals surface area contributed by atoms with Gasteiger partial charge in [-0.1, -0.05) is 23.7 Å². The van der Waals surface area contributed by atoms with Crippen LogP contribution in [0.15, 0.2) is 47.5 Å². The van der Waals surface area contributed by atoms with Crippen LogP contribution in [0.5, 0.6) is 11.5 Å². The number of aliphatic imine (C=N–C) groups is 1. The molecule has 0 radical (unpaired) electrons. The van der Waals surface area contributed by atoms with Gasteiger partial charge in [0, 0.05) is 5.69 Å². The van der Waals surface area contributed by atoms with Crippen LogP contribution in [0.3, 0.4) is 0 Å². The van der Waals surface area contributed by atoms with Crippen LogP contribution >= 0.6 is 11.6 Å². The Kier molecular flexibility index (Phi) is 7.37. The predicted octanol–water partition coefficient (Wildman–Crippen LogP) is 3.30. The fraction of sp³-hybridized carbons (Fsp3) is 0.278. The van der Waals surface area contributed by atoms with Gasteiger partial charge in [-0.2, -0.15) is 0 Å². The van der Waals surface area contributed by atoms with Crippen molar-refractivity contribution in [2.24, 2.45) is 10.7 Å². The summed E-state index contributed by atoms with van der Waals surface area (Å²) in [7, 11) is 3.21. The minimum atomic E-state index is 0.300. The quantitative estimate of drug-likeness (QED) is 0.427. The first-order valence-corrected chi connectivity index (χ1v) is 8.11. The Morgan fingerprint density at radius 3 is 2.52 bits per heavy atom. The van der Waals surface area contributed by atoms with Gasteiger partial charge in [0.15, 0.2) is 5.96 Å². The fourth-order valence-electron chi connectivity index (χ4n) is 2.07. The van der Waals surface area contributed by atoms with Gasteiger partial charge in [0.25, 0.3) is 0 Å². The highest BCUT2D eigenvalue weighted by Crippen LogP contribution is 2.26. The number of nitrogens with one attached hydrogen (secondary N) is 1. The van der Waals surface area contributed by atoms with E-state index in [1.165, 1.54) is 0 Å². The second-order valence-corrected chi connectivity index (χ2v) is 5.55. The molecule has 2 aromatic rings. The molecule has 3 N–H and O–H groups in total. The van der Waals surface area contributed by atoms with Gasteiger partial charge in [0.1, 0.15) is 11.5 Å². The lowest BCUT2D eigenvalue weighted by Crippen LogP contribution is -2.23. The highest BCUT2D eigenvalue weighted by molar-refractivity contribution is 6.32. The van der Waals surface area contributed by atoms with Gasteiger partial charge in [-0.25, -0.2) is 0 Å². The second-order valence-electron chi connectivity index (χ2n) is 5.14. The monoisotopic (exact) mass is 363 g/mol. The highest BCUT2D eigenvalue weighted by Gasteiger charge is 2.02. The number of benzene rings is 2. The van der Waals surface area contributed by atoms with Gasteiger partial charge in [0.05, 0.1) is 39.0 Å². The fourth-order valence-corrected chi connectivity index (χ4v) is 2.33. The van der Waals surface area contributed by atoms with E-state index in [9.17, 15) is 0 Å². The molecule has 0 unspecified atom stereocenters. The molecule has 0 spiro atoms. The summed E-state index contributed by atoms with van der Waals surface area (Å²) in [5.74, 6) is 1.73. The van der Waals surface area contributed by atoms with Gasteiger partial charge >= 0.3 is 0 Å². The smallest absolute Gasteiger partial charge is 0.193 e. The van der Waals surface area contributed by atoms with Gasteiger partial charge in [-0.3, -0.25) is 4.99 Å². The Bertz CT molecular complexity index is 705. The van der Waals surface area contributed by atoms with Crippen molar-refractivity contribution in [3.05, 3.63) is 53.1 Å². The van der Waals surface area contributed by atoms with E-state index in [2.05, 4.69) is 10.3 Å². The van der Waals surface area contributed by atoms with Crippen LogP contribution < -0.4 is 20.5 Å². The Morgan fingerprint density at radius 1 is 1.12 bits per heavy atom. The molecule has 0 saturated heterocycles. The number of methoxy groups -OCH3 is 2. The van der Waals surface area contributed by atoms with E-state index >= 15 is 0 Å². The molecule has 134 valence electrons. The van der Waals surface area contributed by atoms with Gasteiger partial charge in [0.2, 0.25) is 0 Å². The third-order valence-corrected chi connectivity index (χ3v) is 3.67. The largest absolute Gasteiger partial charge is 0.497 e. The van der Waals surface area contributed by atoms with Crippen molar-refractivity contribution in [3.63, 3.8) is 0 Å². The maximum absolute atomic E-state index is 6.06. The number of nitrogens with two attached hydrogens (primary N) is 1. The lowest BCUT2D eigenvalue weighted by molar-refractivity contribution is 0.128. The van der Waals surface area contributed by atoms with Crippen LogP contribution in [0.1, 0.15) is 5.56 Å². The van der Waals surface area contributed by atoms with Crippen LogP contribution in [0.25, 0.3) is 0 Å². The first-order chi connectivity index (χ1) is 12.1. The maximum Gasteiger partial charge on any atom is 0.193 e. The number of anilines is 1. The molecule has 0 aliphatic heterocycles. The molecule has 0 saturated carbocycles. The van der Waals surface area contributed by atoms with E-state index in [4.69, 9.17) is 31.5 Å². The SMILES string of the molecule is COc1ccc(COCCN=C(N)Nc2ccc(OC)c(Cl)c2)cc1. The number of hydrogen-bond acceptors (Lipinski definition) is 4. The second kappa shape index (κ2) is 9.76. The standard InChI is InChI=1S/C18H22ClN3O3/c1-23-15-6-3-13(4-7-15)12-25-10-9-21-18(20)22-14-5-8-17(24-2)16(19)11-14/h3-8,11H,9-10,12H2,1-2H3,(H3,20,21,22). The molecule has 0 amide bonds. The first-order valence-electron chi connectivity index (χ1n) is 7.73. The number of rotatable bonds is 8. The number of halogens is 1. The lowest BCUT2D eigenvalue weighted by atomic mass is 10.2. The van der Waals surface area contributed by atoms with Crippen molar-refractivity contribution in [3.8, 4) is 11.5 Å². The molecule has 2 rings (SSSR count). The van der Waals surface area contributed by atoms with Crippen LogP contribution in [0.2, 0.25) is 5.02 Å². The molecule has 0 aliphatic rings. The zero-order valence-electron chi connectivity index (χ0n) is 14.3. The van der Waals surface area contributed by atoms with E-state index in [1.54, 1.807) is 26.4 Å². The van der Waals surface area contributed by atoms with E-state index in [0.29, 0.717) is 36.5 Å². The van der Waals surface area contributed by atoms with Crippen molar-refractivity contribution >= 4 is 23.2 Å². The third kappa shape index (κ3) is 6.17. The molecule has 0 aliphatic carbocycles. The van der Waals surface area contributed by atoms with Crippen molar-refractivity contribution in [2.45, 2.75) is 6.61 Å². The Morgan fingerprint density at radius 2 is 1.88 bits per heavy atom. The van der Waals surface area contributed by atoms with Crippen LogP contribution in [0, 0.1) is 0 Å². The lowest BCUT2D eigenvalue weighted by Gasteiger charge is -2.08. The molecule has 6 nitrogen and oxygen atoms in total. The summed E-state index contributed by atoms with van der Waals surface area (Å²) < 4.78 is 15.8. The molecule has 7 heteroatoms. The number of hydrogen-bond donors (Lipinski definition) is 2. The third-order valence-electron chi connectivity index (χ3n) is 3.37. The summed E-state index contributed by atoms with van der Waals surface area (Å²) in [4.78, 5) is 4.21. The van der Waals surface area contributed by atoms with Crippen LogP contribution in [0.4, 0.5) is 5.69 Å². The van der Waals surface area contributed by atoms with Crippen molar-refractivity contribution < 1.29 is 14.2 Å². The van der Waals surface area contributed by atoms with Gasteiger partial charge < -0.3 is 25.3 Å². The number of guanidine groups is 1. The summed E-state index contributed by atoms with van der Waals surface area (Å²) in [6.07, 6.45) is 0. The van der Waals surface area contributed by atoms with Crippen LogP contribution in [-0.2, 0) is 11.3 Å². The number of nitrogens with zero attached hydrogens (tertiary/aromatic N) is 1. The number of ether oxygens (including phenoxy) is 3. The summed E-state index contributed by atoms with van der Waals surface area (Å²) in [6, 6.07) is 13.0. The topological polar surface area (TPSA) is 78.1 Å². The summed E-state index contributed by atoms with van der Waals surface area (Å²) in [5.41, 5.74) is 7.66. The minimum absolute atomic E-state index is 0.300. The zero-order valence-corrected chi connectivity index (χ0v) is 15.0. The summed E-state index contributed by atoms with van der Waals surface area (Å²) >= 11 is 6.06. The molecule has 0 bridgehead atoms. The maximum atomic E-state index is 6.06. The molecule has 2 aromatic carbocycles. The van der Waals surface area contributed by atoms with Gasteiger partial charge in [-0.05, 0) is 35.9 Å². The van der Waals surface area contributed by atoms with E-state index < -0.39 is 0 Å². The molecular weight excluding hydrogens is 342 g/mol. The van der Waals surface area contributed by atoms with E-state index in [1.807, 2.05) is 30.3 Å². The Hall–Kier alpha value is -2.44.